The van der Waals surface area contributed by atoms with Gasteiger partial charge in [-0.15, -0.1) is 0 Å². The lowest BCUT2D eigenvalue weighted by Crippen LogP contribution is -2.50. The number of benzene rings is 1. The molecule has 1 heterocycles. The Labute approximate surface area is 117 Å². The molecular formula is C16H27N3. The maximum Gasteiger partial charge on any atom is 0.0707 e. The van der Waals surface area contributed by atoms with Crippen LogP contribution in [0.15, 0.2) is 30.3 Å². The lowest BCUT2D eigenvalue weighted by Gasteiger charge is -2.37. The minimum absolute atomic E-state index is 1.06. The van der Waals surface area contributed by atoms with E-state index in [9.17, 15) is 0 Å². The van der Waals surface area contributed by atoms with Crippen LogP contribution in [0.3, 0.4) is 0 Å². The quantitative estimate of drug-likeness (QED) is 0.779. The molecule has 3 heteroatoms. The first-order valence-corrected chi connectivity index (χ1v) is 7.58. The molecule has 0 unspecified atom stereocenters. The zero-order valence-corrected chi connectivity index (χ0v) is 12.4. The number of hydrogen-bond donors (Lipinski definition) is 0. The van der Waals surface area contributed by atoms with Gasteiger partial charge in [0.05, 0.1) is 6.67 Å². The van der Waals surface area contributed by atoms with Gasteiger partial charge in [-0.25, -0.2) is 0 Å². The van der Waals surface area contributed by atoms with E-state index in [1.165, 1.54) is 44.8 Å². The Morgan fingerprint density at radius 1 is 0.947 bits per heavy atom. The average Bonchev–Trinajstić information content (AvgIpc) is 2.48. The van der Waals surface area contributed by atoms with Gasteiger partial charge in [0.2, 0.25) is 0 Å². The monoisotopic (exact) mass is 261 g/mol. The molecule has 2 rings (SSSR count). The Morgan fingerprint density at radius 2 is 1.58 bits per heavy atom. The van der Waals surface area contributed by atoms with Gasteiger partial charge in [-0.1, -0.05) is 25.1 Å². The molecule has 1 saturated heterocycles. The van der Waals surface area contributed by atoms with Crippen LogP contribution in [0.5, 0.6) is 0 Å². The minimum atomic E-state index is 1.06. The third-order valence-corrected chi connectivity index (χ3v) is 3.88. The summed E-state index contributed by atoms with van der Waals surface area (Å²) in [6, 6.07) is 10.7. The smallest absolute Gasteiger partial charge is 0.0707 e. The average molecular weight is 261 g/mol. The SMILES string of the molecule is CCCN1CCN(CN(CC)c2ccccc2)CC1. The van der Waals surface area contributed by atoms with Crippen LogP contribution in [-0.4, -0.2) is 55.7 Å². The van der Waals surface area contributed by atoms with E-state index in [0.717, 1.165) is 13.2 Å². The molecule has 0 radical (unpaired) electrons. The van der Waals surface area contributed by atoms with Crippen LogP contribution in [-0.2, 0) is 0 Å². The van der Waals surface area contributed by atoms with E-state index >= 15 is 0 Å². The summed E-state index contributed by atoms with van der Waals surface area (Å²) in [4.78, 5) is 7.60. The molecule has 0 spiro atoms. The zero-order valence-electron chi connectivity index (χ0n) is 12.4. The molecule has 1 fully saturated rings. The zero-order chi connectivity index (χ0) is 13.5. The summed E-state index contributed by atoms with van der Waals surface area (Å²) in [6.07, 6.45) is 1.27. The normalized spacial score (nSPS) is 17.6. The van der Waals surface area contributed by atoms with Gasteiger partial charge >= 0.3 is 0 Å². The van der Waals surface area contributed by atoms with Crippen molar-refractivity contribution in [1.82, 2.24) is 9.80 Å². The van der Waals surface area contributed by atoms with Gasteiger partial charge in [0, 0.05) is 38.4 Å². The van der Waals surface area contributed by atoms with E-state index in [4.69, 9.17) is 0 Å². The fourth-order valence-electron chi connectivity index (χ4n) is 2.72. The van der Waals surface area contributed by atoms with Crippen molar-refractivity contribution in [3.05, 3.63) is 30.3 Å². The Morgan fingerprint density at radius 3 is 2.16 bits per heavy atom. The summed E-state index contributed by atoms with van der Waals surface area (Å²) in [7, 11) is 0. The van der Waals surface area contributed by atoms with Crippen molar-refractivity contribution >= 4 is 5.69 Å². The van der Waals surface area contributed by atoms with E-state index < -0.39 is 0 Å². The van der Waals surface area contributed by atoms with Crippen molar-refractivity contribution in [1.29, 1.82) is 0 Å². The molecule has 1 aliphatic rings. The second-order valence-corrected chi connectivity index (χ2v) is 5.29. The second kappa shape index (κ2) is 7.51. The molecule has 0 amide bonds. The summed E-state index contributed by atoms with van der Waals surface area (Å²) < 4.78 is 0. The van der Waals surface area contributed by atoms with Gasteiger partial charge in [-0.3, -0.25) is 4.90 Å². The first-order chi connectivity index (χ1) is 9.33. The van der Waals surface area contributed by atoms with Crippen LogP contribution >= 0.6 is 0 Å². The molecule has 1 aromatic rings. The summed E-state index contributed by atoms with van der Waals surface area (Å²) in [5.41, 5.74) is 1.33. The number of nitrogens with zero attached hydrogens (tertiary/aromatic N) is 3. The highest BCUT2D eigenvalue weighted by molar-refractivity contribution is 5.45. The Kier molecular flexibility index (Phi) is 5.67. The van der Waals surface area contributed by atoms with Crippen LogP contribution in [0.1, 0.15) is 20.3 Å². The fourth-order valence-corrected chi connectivity index (χ4v) is 2.72. The van der Waals surface area contributed by atoms with E-state index in [2.05, 4.69) is 58.9 Å². The largest absolute Gasteiger partial charge is 0.359 e. The predicted molar refractivity (Wildman–Crippen MR) is 82.6 cm³/mol. The van der Waals surface area contributed by atoms with Crippen molar-refractivity contribution < 1.29 is 0 Å². The molecule has 0 atom stereocenters. The van der Waals surface area contributed by atoms with Gasteiger partial charge in [-0.05, 0) is 32.0 Å². The Balaban J connectivity index is 1.84. The second-order valence-electron chi connectivity index (χ2n) is 5.29. The van der Waals surface area contributed by atoms with Crippen LogP contribution in [0.25, 0.3) is 0 Å². The van der Waals surface area contributed by atoms with Gasteiger partial charge in [-0.2, -0.15) is 0 Å². The van der Waals surface area contributed by atoms with Crippen LogP contribution in [0.4, 0.5) is 5.69 Å². The van der Waals surface area contributed by atoms with Crippen LogP contribution in [0, 0.1) is 0 Å². The maximum absolute atomic E-state index is 2.58. The summed E-state index contributed by atoms with van der Waals surface area (Å²) >= 11 is 0. The van der Waals surface area contributed by atoms with E-state index in [1.807, 2.05) is 0 Å². The van der Waals surface area contributed by atoms with Crippen molar-refractivity contribution in [2.75, 3.05) is 50.8 Å². The van der Waals surface area contributed by atoms with Crippen LogP contribution < -0.4 is 4.90 Å². The molecule has 19 heavy (non-hydrogen) atoms. The minimum Gasteiger partial charge on any atom is -0.359 e. The van der Waals surface area contributed by atoms with Crippen molar-refractivity contribution in [2.45, 2.75) is 20.3 Å². The summed E-state index contributed by atoms with van der Waals surface area (Å²) in [6.45, 7) is 12.7. The molecule has 0 aliphatic carbocycles. The Hall–Kier alpha value is -1.06. The molecule has 3 nitrogen and oxygen atoms in total. The predicted octanol–water partition coefficient (Wildman–Crippen LogP) is 2.50. The molecule has 0 bridgehead atoms. The van der Waals surface area contributed by atoms with Crippen molar-refractivity contribution in [3.63, 3.8) is 0 Å². The van der Waals surface area contributed by atoms with Gasteiger partial charge < -0.3 is 9.80 Å². The van der Waals surface area contributed by atoms with Crippen molar-refractivity contribution in [2.24, 2.45) is 0 Å². The lowest BCUT2D eigenvalue weighted by atomic mass is 10.3. The highest BCUT2D eigenvalue weighted by atomic mass is 15.3. The number of para-hydroxylation sites is 1. The lowest BCUT2D eigenvalue weighted by molar-refractivity contribution is 0.133. The molecule has 106 valence electrons. The van der Waals surface area contributed by atoms with Crippen molar-refractivity contribution in [3.8, 4) is 0 Å². The topological polar surface area (TPSA) is 9.72 Å². The third-order valence-electron chi connectivity index (χ3n) is 3.88. The Bertz CT molecular complexity index is 344. The maximum atomic E-state index is 2.58. The summed E-state index contributed by atoms with van der Waals surface area (Å²) in [5.74, 6) is 0. The number of hydrogen-bond acceptors (Lipinski definition) is 3. The molecule has 0 aromatic heterocycles. The third kappa shape index (κ3) is 4.22. The molecule has 1 aliphatic heterocycles. The van der Waals surface area contributed by atoms with E-state index in [-0.39, 0.29) is 0 Å². The van der Waals surface area contributed by atoms with Gasteiger partial charge in [0.25, 0.3) is 0 Å². The highest BCUT2D eigenvalue weighted by Crippen LogP contribution is 2.14. The molecule has 1 aromatic carbocycles. The fraction of sp³-hybridized carbons (Fsp3) is 0.625. The number of piperazine rings is 1. The molecule has 0 saturated carbocycles. The highest BCUT2D eigenvalue weighted by Gasteiger charge is 2.17. The van der Waals surface area contributed by atoms with Gasteiger partial charge in [0.15, 0.2) is 0 Å². The first kappa shape index (κ1) is 14.4. The number of anilines is 1. The standard InChI is InChI=1S/C16H27N3/c1-3-10-17-11-13-18(14-12-17)15-19(4-2)16-8-6-5-7-9-16/h5-9H,3-4,10-15H2,1-2H3. The number of rotatable bonds is 6. The van der Waals surface area contributed by atoms with Gasteiger partial charge in [0.1, 0.15) is 0 Å². The molecular weight excluding hydrogens is 234 g/mol. The summed E-state index contributed by atoms with van der Waals surface area (Å²) in [5, 5.41) is 0. The van der Waals surface area contributed by atoms with Crippen LogP contribution in [0.2, 0.25) is 0 Å². The van der Waals surface area contributed by atoms with E-state index in [0.29, 0.717) is 0 Å². The molecule has 0 N–H and O–H groups in total. The van der Waals surface area contributed by atoms with E-state index in [1.54, 1.807) is 0 Å². The first-order valence-electron chi connectivity index (χ1n) is 7.58.